The number of nitrogens with zero attached hydrogens (tertiary/aromatic N) is 4. The Morgan fingerprint density at radius 3 is 2.85 bits per heavy atom. The summed E-state index contributed by atoms with van der Waals surface area (Å²) in [6.07, 6.45) is 4.48. The van der Waals surface area contributed by atoms with Crippen LogP contribution >= 0.6 is 0 Å². The highest BCUT2D eigenvalue weighted by atomic mass is 19.1. The Morgan fingerprint density at radius 2 is 2.08 bits per heavy atom. The van der Waals surface area contributed by atoms with Crippen LogP contribution < -0.4 is 4.84 Å². The van der Waals surface area contributed by atoms with Crippen LogP contribution in [0.15, 0.2) is 48.2 Å². The number of aryl methyl sites for hydroxylation is 1. The highest BCUT2D eigenvalue weighted by Gasteiger charge is 2.23. The molecule has 0 amide bonds. The fourth-order valence-electron chi connectivity index (χ4n) is 3.06. The Morgan fingerprint density at radius 1 is 1.31 bits per heavy atom. The molecule has 0 spiro atoms. The van der Waals surface area contributed by atoms with Crippen LogP contribution in [0, 0.1) is 18.7 Å². The Balaban J connectivity index is 1.68. The molecule has 26 heavy (non-hydrogen) atoms. The van der Waals surface area contributed by atoms with E-state index in [1.165, 1.54) is 29.2 Å². The normalized spacial score (nSPS) is 14.7. The van der Waals surface area contributed by atoms with Crippen LogP contribution in [0.25, 0.3) is 16.7 Å². The first-order valence-electron chi connectivity index (χ1n) is 8.73. The van der Waals surface area contributed by atoms with Crippen molar-refractivity contribution in [2.24, 2.45) is 5.92 Å². The van der Waals surface area contributed by atoms with Crippen LogP contribution in [0.1, 0.15) is 25.3 Å². The predicted molar refractivity (Wildman–Crippen MR) is 98.4 cm³/mol. The lowest BCUT2D eigenvalue weighted by molar-refractivity contribution is 0.0191. The quantitative estimate of drug-likeness (QED) is 0.638. The minimum Gasteiger partial charge on any atom is -0.380 e. The Bertz CT molecular complexity index is 991. The number of halogens is 1. The molecule has 0 aliphatic heterocycles. The summed E-state index contributed by atoms with van der Waals surface area (Å²) in [5.41, 5.74) is 3.81. The number of hydrogen-bond acceptors (Lipinski definition) is 4. The lowest BCUT2D eigenvalue weighted by Crippen LogP contribution is -2.17. The molecule has 5 nitrogen and oxygen atoms in total. The molecular weight excluding hydrogens is 331 g/mol. The third-order valence-electron chi connectivity index (χ3n) is 4.67. The van der Waals surface area contributed by atoms with Gasteiger partial charge in [0.15, 0.2) is 5.75 Å². The number of allylic oxidation sites excluding steroid dienone is 1. The van der Waals surface area contributed by atoms with E-state index in [4.69, 9.17) is 4.84 Å². The average molecular weight is 352 g/mol. The van der Waals surface area contributed by atoms with Crippen LogP contribution in [0.4, 0.5) is 4.39 Å². The summed E-state index contributed by atoms with van der Waals surface area (Å²) in [5, 5.41) is 9.88. The zero-order valence-electron chi connectivity index (χ0n) is 15.1. The van der Waals surface area contributed by atoms with Gasteiger partial charge >= 0.3 is 0 Å². The standard InChI is InChI=1S/C20H21FN4O/c1-13-10-16(21)19(25-18-7-5-4-6-17(18)22-23-25)11-20(13)26-24(3)12-14(2)15-8-9-15/h4-7,10-12,15H,8-9H2,1-3H3/b14-12+. The fourth-order valence-corrected chi connectivity index (χ4v) is 3.06. The van der Waals surface area contributed by atoms with Crippen molar-refractivity contribution >= 4 is 11.0 Å². The molecule has 6 heteroatoms. The van der Waals surface area contributed by atoms with E-state index in [1.807, 2.05) is 44.4 Å². The van der Waals surface area contributed by atoms with Gasteiger partial charge in [0, 0.05) is 19.3 Å². The van der Waals surface area contributed by atoms with Gasteiger partial charge in [-0.3, -0.25) is 0 Å². The Hall–Kier alpha value is -2.89. The van der Waals surface area contributed by atoms with E-state index in [0.29, 0.717) is 17.4 Å². The van der Waals surface area contributed by atoms with Crippen molar-refractivity contribution in [3.8, 4) is 11.4 Å². The minimum absolute atomic E-state index is 0.315. The SMILES string of the molecule is C/C(=C\N(C)Oc1cc(-n2nnc3ccccc32)c(F)cc1C)C1CC1. The molecule has 1 aliphatic carbocycles. The van der Waals surface area contributed by atoms with Crippen LogP contribution in [-0.4, -0.2) is 27.1 Å². The predicted octanol–water partition coefficient (Wildman–Crippen LogP) is 4.41. The van der Waals surface area contributed by atoms with E-state index in [9.17, 15) is 4.39 Å². The fraction of sp³-hybridized carbons (Fsp3) is 0.300. The highest BCUT2D eigenvalue weighted by molar-refractivity contribution is 5.76. The second-order valence-corrected chi connectivity index (χ2v) is 6.84. The third kappa shape index (κ3) is 3.14. The van der Waals surface area contributed by atoms with Crippen molar-refractivity contribution in [3.63, 3.8) is 0 Å². The average Bonchev–Trinajstić information content (AvgIpc) is 3.38. The van der Waals surface area contributed by atoms with Gasteiger partial charge in [-0.1, -0.05) is 22.9 Å². The molecule has 1 aromatic heterocycles. The van der Waals surface area contributed by atoms with Gasteiger partial charge in [0.25, 0.3) is 0 Å². The topological polar surface area (TPSA) is 43.2 Å². The molecule has 0 bridgehead atoms. The smallest absolute Gasteiger partial charge is 0.160 e. The van der Waals surface area contributed by atoms with E-state index in [-0.39, 0.29) is 5.82 Å². The van der Waals surface area contributed by atoms with Crippen molar-refractivity contribution < 1.29 is 9.23 Å². The number of hydrogen-bond donors (Lipinski definition) is 0. The number of fused-ring (bicyclic) bond motifs is 1. The van der Waals surface area contributed by atoms with Gasteiger partial charge < -0.3 is 4.84 Å². The van der Waals surface area contributed by atoms with Crippen molar-refractivity contribution in [2.75, 3.05) is 7.05 Å². The van der Waals surface area contributed by atoms with Crippen molar-refractivity contribution in [2.45, 2.75) is 26.7 Å². The van der Waals surface area contributed by atoms with Gasteiger partial charge in [0.1, 0.15) is 17.0 Å². The lowest BCUT2D eigenvalue weighted by atomic mass is 10.2. The van der Waals surface area contributed by atoms with Gasteiger partial charge in [-0.25, -0.2) is 14.1 Å². The van der Waals surface area contributed by atoms with E-state index >= 15 is 0 Å². The number of para-hydroxylation sites is 1. The van der Waals surface area contributed by atoms with Crippen LogP contribution in [0.3, 0.4) is 0 Å². The molecule has 134 valence electrons. The molecule has 0 radical (unpaired) electrons. The summed E-state index contributed by atoms with van der Waals surface area (Å²) in [6, 6.07) is 10.6. The van der Waals surface area contributed by atoms with Crippen LogP contribution in [0.5, 0.6) is 5.75 Å². The minimum atomic E-state index is -0.363. The summed E-state index contributed by atoms with van der Waals surface area (Å²) >= 11 is 0. The molecule has 0 saturated heterocycles. The van der Waals surface area contributed by atoms with E-state index in [2.05, 4.69) is 17.2 Å². The second-order valence-electron chi connectivity index (χ2n) is 6.84. The van der Waals surface area contributed by atoms with E-state index < -0.39 is 0 Å². The number of hydroxylamine groups is 2. The number of aromatic nitrogens is 3. The molecule has 3 aromatic rings. The van der Waals surface area contributed by atoms with E-state index in [1.54, 1.807) is 11.1 Å². The number of benzene rings is 2. The molecule has 0 N–H and O–H groups in total. The highest BCUT2D eigenvalue weighted by Crippen LogP contribution is 2.36. The molecule has 1 fully saturated rings. The second kappa shape index (κ2) is 6.44. The summed E-state index contributed by atoms with van der Waals surface area (Å²) in [6.45, 7) is 3.94. The molecule has 4 rings (SSSR count). The monoisotopic (exact) mass is 352 g/mol. The zero-order valence-corrected chi connectivity index (χ0v) is 15.1. The molecule has 2 aromatic carbocycles. The summed E-state index contributed by atoms with van der Waals surface area (Å²) in [5.74, 6) is 0.897. The maximum Gasteiger partial charge on any atom is 0.160 e. The van der Waals surface area contributed by atoms with Gasteiger partial charge in [-0.15, -0.1) is 5.10 Å². The van der Waals surface area contributed by atoms with Crippen molar-refractivity contribution in [1.82, 2.24) is 20.1 Å². The zero-order chi connectivity index (χ0) is 18.3. The Kier molecular flexibility index (Phi) is 4.11. The van der Waals surface area contributed by atoms with Gasteiger partial charge in [-0.05, 0) is 56.4 Å². The van der Waals surface area contributed by atoms with Crippen LogP contribution in [-0.2, 0) is 0 Å². The van der Waals surface area contributed by atoms with Gasteiger partial charge in [-0.2, -0.15) is 0 Å². The summed E-state index contributed by atoms with van der Waals surface area (Å²) < 4.78 is 16.1. The van der Waals surface area contributed by atoms with Crippen molar-refractivity contribution in [3.05, 3.63) is 59.6 Å². The van der Waals surface area contributed by atoms with Crippen LogP contribution in [0.2, 0.25) is 0 Å². The first-order chi connectivity index (χ1) is 12.5. The maximum atomic E-state index is 14.6. The first kappa shape index (κ1) is 16.6. The Labute approximate surface area is 151 Å². The maximum absolute atomic E-state index is 14.6. The summed E-state index contributed by atoms with van der Waals surface area (Å²) in [7, 11) is 1.85. The van der Waals surface area contributed by atoms with Gasteiger partial charge in [0.2, 0.25) is 0 Å². The first-order valence-corrected chi connectivity index (χ1v) is 8.73. The molecule has 0 atom stereocenters. The molecule has 0 unspecified atom stereocenters. The van der Waals surface area contributed by atoms with E-state index in [0.717, 1.165) is 16.6 Å². The largest absolute Gasteiger partial charge is 0.380 e. The van der Waals surface area contributed by atoms with Crippen molar-refractivity contribution in [1.29, 1.82) is 0 Å². The molecule has 1 heterocycles. The molecular formula is C20H21FN4O. The number of rotatable bonds is 5. The van der Waals surface area contributed by atoms with Gasteiger partial charge in [0.05, 0.1) is 5.52 Å². The molecule has 1 saturated carbocycles. The lowest BCUT2D eigenvalue weighted by Gasteiger charge is -2.19. The summed E-state index contributed by atoms with van der Waals surface area (Å²) in [4.78, 5) is 5.93. The molecule has 1 aliphatic rings. The third-order valence-corrected chi connectivity index (χ3v) is 4.67.